The van der Waals surface area contributed by atoms with E-state index in [1.54, 1.807) is 0 Å². The summed E-state index contributed by atoms with van der Waals surface area (Å²) in [5, 5.41) is 3.15. The minimum Gasteiger partial charge on any atom is -0.356 e. The molecule has 16 heavy (non-hydrogen) atoms. The van der Waals surface area contributed by atoms with Crippen LogP contribution in [0.3, 0.4) is 0 Å². The van der Waals surface area contributed by atoms with E-state index in [0.29, 0.717) is 6.42 Å². The molecular formula is C13H24ClNO. The van der Waals surface area contributed by atoms with Crippen molar-refractivity contribution in [1.82, 2.24) is 5.32 Å². The van der Waals surface area contributed by atoms with Crippen LogP contribution in [0.5, 0.6) is 0 Å². The summed E-state index contributed by atoms with van der Waals surface area (Å²) in [6, 6.07) is 0. The molecule has 1 N–H and O–H groups in total. The number of carbonyl (C=O) groups is 1. The molecule has 3 heteroatoms. The Kier molecular flexibility index (Phi) is 6.86. The van der Waals surface area contributed by atoms with Crippen molar-refractivity contribution in [2.45, 2.75) is 63.7 Å². The molecule has 1 rings (SSSR count). The summed E-state index contributed by atoms with van der Waals surface area (Å²) < 4.78 is 0. The molecule has 0 aromatic heterocycles. The zero-order valence-corrected chi connectivity index (χ0v) is 11.1. The Morgan fingerprint density at radius 1 is 1.44 bits per heavy atom. The predicted molar refractivity (Wildman–Crippen MR) is 68.8 cm³/mol. The van der Waals surface area contributed by atoms with Gasteiger partial charge in [-0.1, -0.05) is 32.6 Å². The molecule has 0 heterocycles. The molecule has 2 nitrogen and oxygen atoms in total. The average Bonchev–Trinajstić information content (AvgIpc) is 2.79. The quantitative estimate of drug-likeness (QED) is 0.684. The van der Waals surface area contributed by atoms with Crippen LogP contribution in [-0.4, -0.2) is 17.8 Å². The number of nitrogens with one attached hydrogen (secondary N) is 1. The van der Waals surface area contributed by atoms with Gasteiger partial charge in [0.2, 0.25) is 5.91 Å². The second-order valence-corrected chi connectivity index (χ2v) is 5.45. The fourth-order valence-electron chi connectivity index (χ4n) is 2.29. The minimum absolute atomic E-state index is 0.201. The maximum absolute atomic E-state index is 11.5. The van der Waals surface area contributed by atoms with Crippen LogP contribution in [0.25, 0.3) is 0 Å². The van der Waals surface area contributed by atoms with E-state index in [-0.39, 0.29) is 11.3 Å². The monoisotopic (exact) mass is 245 g/mol. The van der Waals surface area contributed by atoms with Crippen molar-refractivity contribution in [2.75, 3.05) is 6.54 Å². The Hall–Kier alpha value is -0.240. The Morgan fingerprint density at radius 3 is 2.75 bits per heavy atom. The number of rotatable bonds is 7. The molecule has 1 saturated carbocycles. The number of hydrogen-bond acceptors (Lipinski definition) is 1. The van der Waals surface area contributed by atoms with Gasteiger partial charge >= 0.3 is 0 Å². The first-order valence-corrected chi connectivity index (χ1v) is 7.06. The Bertz CT molecular complexity index is 202. The molecule has 0 bridgehead atoms. The molecule has 0 aromatic rings. The zero-order valence-electron chi connectivity index (χ0n) is 10.3. The van der Waals surface area contributed by atoms with Gasteiger partial charge in [0.05, 0.1) is 0 Å². The summed E-state index contributed by atoms with van der Waals surface area (Å²) >= 11 is 5.98. The summed E-state index contributed by atoms with van der Waals surface area (Å²) in [6.45, 7) is 2.80. The highest BCUT2D eigenvalue weighted by molar-refractivity contribution is 6.20. The molecule has 94 valence electrons. The van der Waals surface area contributed by atoms with E-state index in [1.807, 2.05) is 0 Å². The fraction of sp³-hybridized carbons (Fsp3) is 0.923. The lowest BCUT2D eigenvalue weighted by Crippen LogP contribution is -2.26. The third-order valence-electron chi connectivity index (χ3n) is 3.48. The number of amides is 1. The standard InChI is InChI=1S/C13H24ClNO/c1-2-12(14)9-10-15-13(16)8-7-11-5-3-4-6-11/h11-12H,2-10H2,1H3,(H,15,16). The van der Waals surface area contributed by atoms with Crippen LogP contribution in [0.1, 0.15) is 58.3 Å². The van der Waals surface area contributed by atoms with E-state index >= 15 is 0 Å². The van der Waals surface area contributed by atoms with Crippen LogP contribution in [0, 0.1) is 5.92 Å². The normalized spacial score (nSPS) is 18.6. The molecule has 1 fully saturated rings. The third kappa shape index (κ3) is 5.74. The van der Waals surface area contributed by atoms with Gasteiger partial charge in [0.25, 0.3) is 0 Å². The Labute approximate surface area is 104 Å². The summed E-state index contributed by atoms with van der Waals surface area (Å²) in [6.07, 6.45) is 8.99. The van der Waals surface area contributed by atoms with E-state index < -0.39 is 0 Å². The van der Waals surface area contributed by atoms with Crippen LogP contribution in [0.4, 0.5) is 0 Å². The van der Waals surface area contributed by atoms with Crippen LogP contribution >= 0.6 is 11.6 Å². The molecule has 1 unspecified atom stereocenters. The van der Waals surface area contributed by atoms with Gasteiger partial charge < -0.3 is 5.32 Å². The minimum atomic E-state index is 0.201. The molecular weight excluding hydrogens is 222 g/mol. The van der Waals surface area contributed by atoms with Gasteiger partial charge in [-0.3, -0.25) is 4.79 Å². The molecule has 0 spiro atoms. The van der Waals surface area contributed by atoms with Gasteiger partial charge in [0.15, 0.2) is 0 Å². The maximum Gasteiger partial charge on any atom is 0.220 e. The Balaban J connectivity index is 1.97. The van der Waals surface area contributed by atoms with E-state index in [2.05, 4.69) is 12.2 Å². The average molecular weight is 246 g/mol. The first-order chi connectivity index (χ1) is 7.72. The van der Waals surface area contributed by atoms with Crippen molar-refractivity contribution < 1.29 is 4.79 Å². The SMILES string of the molecule is CCC(Cl)CCNC(=O)CCC1CCCC1. The second-order valence-electron chi connectivity index (χ2n) is 4.83. The van der Waals surface area contributed by atoms with Crippen molar-refractivity contribution in [3.05, 3.63) is 0 Å². The van der Waals surface area contributed by atoms with Crippen molar-refractivity contribution >= 4 is 17.5 Å². The number of hydrogen-bond donors (Lipinski definition) is 1. The van der Waals surface area contributed by atoms with E-state index in [9.17, 15) is 4.79 Å². The van der Waals surface area contributed by atoms with Gasteiger partial charge in [-0.2, -0.15) is 0 Å². The molecule has 1 aliphatic carbocycles. The van der Waals surface area contributed by atoms with Crippen LogP contribution in [0.2, 0.25) is 0 Å². The van der Waals surface area contributed by atoms with Crippen molar-refractivity contribution in [2.24, 2.45) is 5.92 Å². The summed E-state index contributed by atoms with van der Waals surface area (Å²) in [5.74, 6) is 1.01. The molecule has 0 aromatic carbocycles. The van der Waals surface area contributed by atoms with Crippen LogP contribution in [-0.2, 0) is 4.79 Å². The van der Waals surface area contributed by atoms with Crippen LogP contribution in [0.15, 0.2) is 0 Å². The molecule has 0 aliphatic heterocycles. The number of alkyl halides is 1. The first kappa shape index (κ1) is 13.8. The zero-order chi connectivity index (χ0) is 11.8. The second kappa shape index (κ2) is 7.94. The third-order valence-corrected chi connectivity index (χ3v) is 4.00. The molecule has 0 radical (unpaired) electrons. The summed E-state index contributed by atoms with van der Waals surface area (Å²) in [4.78, 5) is 11.5. The molecule has 0 saturated heterocycles. The lowest BCUT2D eigenvalue weighted by atomic mass is 10.0. The first-order valence-electron chi connectivity index (χ1n) is 6.63. The van der Waals surface area contributed by atoms with Gasteiger partial charge in [-0.25, -0.2) is 0 Å². The predicted octanol–water partition coefficient (Wildman–Crippen LogP) is 3.48. The van der Waals surface area contributed by atoms with Crippen molar-refractivity contribution in [3.63, 3.8) is 0 Å². The lowest BCUT2D eigenvalue weighted by Gasteiger charge is -2.10. The summed E-state index contributed by atoms with van der Waals surface area (Å²) in [7, 11) is 0. The Morgan fingerprint density at radius 2 is 2.12 bits per heavy atom. The highest BCUT2D eigenvalue weighted by atomic mass is 35.5. The molecule has 1 atom stereocenters. The highest BCUT2D eigenvalue weighted by Crippen LogP contribution is 2.28. The van der Waals surface area contributed by atoms with Gasteiger partial charge in [-0.15, -0.1) is 11.6 Å². The van der Waals surface area contributed by atoms with E-state index in [4.69, 9.17) is 11.6 Å². The summed E-state index contributed by atoms with van der Waals surface area (Å²) in [5.41, 5.74) is 0. The lowest BCUT2D eigenvalue weighted by molar-refractivity contribution is -0.121. The van der Waals surface area contributed by atoms with Crippen molar-refractivity contribution in [3.8, 4) is 0 Å². The maximum atomic E-state index is 11.5. The number of halogens is 1. The molecule has 1 amide bonds. The van der Waals surface area contributed by atoms with E-state index in [0.717, 1.165) is 31.7 Å². The van der Waals surface area contributed by atoms with Crippen molar-refractivity contribution in [1.29, 1.82) is 0 Å². The van der Waals surface area contributed by atoms with Gasteiger partial charge in [0, 0.05) is 18.3 Å². The number of carbonyl (C=O) groups excluding carboxylic acids is 1. The van der Waals surface area contributed by atoms with E-state index in [1.165, 1.54) is 25.7 Å². The smallest absolute Gasteiger partial charge is 0.220 e. The largest absolute Gasteiger partial charge is 0.356 e. The van der Waals surface area contributed by atoms with Gasteiger partial charge in [-0.05, 0) is 25.2 Å². The highest BCUT2D eigenvalue weighted by Gasteiger charge is 2.15. The fourth-order valence-corrected chi connectivity index (χ4v) is 2.40. The topological polar surface area (TPSA) is 29.1 Å². The van der Waals surface area contributed by atoms with Crippen LogP contribution < -0.4 is 5.32 Å². The van der Waals surface area contributed by atoms with Gasteiger partial charge in [0.1, 0.15) is 0 Å². The molecule has 1 aliphatic rings.